The van der Waals surface area contributed by atoms with Gasteiger partial charge < -0.3 is 64.9 Å². The number of aromatic hydroxyl groups is 1. The second kappa shape index (κ2) is 10.1. The molecule has 9 N–H and O–H groups in total. The average molecular weight is 478 g/mol. The van der Waals surface area contributed by atoms with Crippen molar-refractivity contribution in [2.45, 2.75) is 61.1 Å². The van der Waals surface area contributed by atoms with Gasteiger partial charge in [-0.3, -0.25) is 0 Å². The van der Waals surface area contributed by atoms with Crippen LogP contribution in [0.5, 0.6) is 5.75 Å². The molecule has 0 aliphatic carbocycles. The molecular weight excluding hydrogens is 452 g/mol. The smallest absolute Gasteiger partial charge is 0.344 e. The fraction of sp³-hybridized carbons (Fsp3) is 0.632. The van der Waals surface area contributed by atoms with Crippen LogP contribution in [0.1, 0.15) is 10.4 Å². The van der Waals surface area contributed by atoms with E-state index in [0.717, 1.165) is 0 Å². The molecule has 186 valence electrons. The monoisotopic (exact) mass is 478 g/mol. The quantitative estimate of drug-likeness (QED) is 0.133. The Kier molecular flexibility index (Phi) is 7.87. The largest absolute Gasteiger partial charge is 0.507 e. The standard InChI is InChI=1S/C19H26O14/c20-5-9-11(23)12(24)13(25)17(30-9)31-14-10(6-21)33-19(29,15(14)26)18(28)32-16(27)7-3-1-2-4-8(7)22/h1-4,9-15,17-18,20-26,28-29H,5-6H2/t9-,10-,11+,12+,13-,14-,15+,17?,18?,19+/m1/s1. The number of phenolic OH excluding ortho intramolecular Hbond substituents is 1. The number of para-hydroxylation sites is 1. The maximum absolute atomic E-state index is 12.2. The van der Waals surface area contributed by atoms with E-state index in [-0.39, 0.29) is 5.56 Å². The predicted molar refractivity (Wildman–Crippen MR) is 101 cm³/mol. The van der Waals surface area contributed by atoms with E-state index < -0.39 is 86.0 Å². The molecule has 0 amide bonds. The van der Waals surface area contributed by atoms with E-state index in [1.54, 1.807) is 0 Å². The summed E-state index contributed by atoms with van der Waals surface area (Å²) in [6, 6.07) is 5.16. The van der Waals surface area contributed by atoms with Crippen LogP contribution in [-0.4, -0.2) is 126 Å². The van der Waals surface area contributed by atoms with Gasteiger partial charge in [0.15, 0.2) is 6.29 Å². The molecule has 2 saturated heterocycles. The van der Waals surface area contributed by atoms with E-state index in [4.69, 9.17) is 18.9 Å². The van der Waals surface area contributed by atoms with Gasteiger partial charge in [0.2, 0.25) is 0 Å². The van der Waals surface area contributed by atoms with Gasteiger partial charge in [0.05, 0.1) is 13.2 Å². The van der Waals surface area contributed by atoms with Crippen molar-refractivity contribution in [2.24, 2.45) is 0 Å². The van der Waals surface area contributed by atoms with Gasteiger partial charge in [-0.2, -0.15) is 0 Å². The van der Waals surface area contributed by atoms with Crippen LogP contribution in [0.4, 0.5) is 0 Å². The minimum Gasteiger partial charge on any atom is -0.507 e. The van der Waals surface area contributed by atoms with Crippen LogP contribution < -0.4 is 0 Å². The summed E-state index contributed by atoms with van der Waals surface area (Å²) in [5.74, 6) is -4.78. The molecule has 0 radical (unpaired) electrons. The van der Waals surface area contributed by atoms with Crippen molar-refractivity contribution in [3.05, 3.63) is 29.8 Å². The number of rotatable bonds is 7. The van der Waals surface area contributed by atoms with Gasteiger partial charge in [-0.25, -0.2) is 4.79 Å². The second-order valence-corrected chi connectivity index (χ2v) is 7.61. The van der Waals surface area contributed by atoms with Crippen molar-refractivity contribution < 1.29 is 69.7 Å². The molecule has 3 rings (SSSR count). The van der Waals surface area contributed by atoms with Crippen molar-refractivity contribution in [3.8, 4) is 5.75 Å². The lowest BCUT2D eigenvalue weighted by Crippen LogP contribution is -2.61. The summed E-state index contributed by atoms with van der Waals surface area (Å²) in [7, 11) is 0. The van der Waals surface area contributed by atoms with Gasteiger partial charge in [0, 0.05) is 0 Å². The van der Waals surface area contributed by atoms with Crippen LogP contribution in [0.25, 0.3) is 0 Å². The van der Waals surface area contributed by atoms with E-state index in [0.29, 0.717) is 0 Å². The summed E-state index contributed by atoms with van der Waals surface area (Å²) in [4.78, 5) is 12.2. The van der Waals surface area contributed by atoms with Crippen molar-refractivity contribution >= 4 is 5.97 Å². The number of hydrogen-bond donors (Lipinski definition) is 9. The number of phenols is 1. The van der Waals surface area contributed by atoms with Crippen molar-refractivity contribution in [2.75, 3.05) is 13.2 Å². The molecule has 14 heteroatoms. The maximum atomic E-state index is 12.2. The van der Waals surface area contributed by atoms with Gasteiger partial charge in [-0.05, 0) is 12.1 Å². The van der Waals surface area contributed by atoms with Crippen molar-refractivity contribution in [1.82, 2.24) is 0 Å². The number of ether oxygens (including phenoxy) is 4. The average Bonchev–Trinajstić information content (AvgIpc) is 3.05. The van der Waals surface area contributed by atoms with Crippen LogP contribution in [0, 0.1) is 0 Å². The Hall–Kier alpha value is -1.95. The van der Waals surface area contributed by atoms with E-state index in [1.807, 2.05) is 0 Å². The molecule has 1 aromatic rings. The molecule has 2 unspecified atom stereocenters. The zero-order valence-corrected chi connectivity index (χ0v) is 17.0. The Morgan fingerprint density at radius 3 is 2.27 bits per heavy atom. The highest BCUT2D eigenvalue weighted by Gasteiger charge is 2.61. The Labute approximate surface area is 186 Å². The first-order chi connectivity index (χ1) is 15.5. The van der Waals surface area contributed by atoms with Gasteiger partial charge in [0.25, 0.3) is 12.1 Å². The van der Waals surface area contributed by atoms with E-state index >= 15 is 0 Å². The molecule has 14 nitrogen and oxygen atoms in total. The Balaban J connectivity index is 1.75. The van der Waals surface area contributed by atoms with E-state index in [2.05, 4.69) is 0 Å². The van der Waals surface area contributed by atoms with Crippen LogP contribution in [0.3, 0.4) is 0 Å². The van der Waals surface area contributed by atoms with Crippen molar-refractivity contribution in [1.29, 1.82) is 0 Å². The number of esters is 1. The van der Waals surface area contributed by atoms with Crippen molar-refractivity contribution in [3.63, 3.8) is 0 Å². The molecule has 0 bridgehead atoms. The SMILES string of the molecule is O=C(OC(O)[C@@]1(O)O[C@H](CO)[C@@H](OC2O[C@H](CO)[C@H](O)[C@H](O)[C@H]2O)[C@@H]1O)c1ccccc1O. The molecule has 1 aromatic carbocycles. The number of aliphatic hydroxyl groups excluding tert-OH is 7. The first-order valence-electron chi connectivity index (χ1n) is 9.87. The third-order valence-corrected chi connectivity index (χ3v) is 5.46. The minimum atomic E-state index is -3.02. The highest BCUT2D eigenvalue weighted by Crippen LogP contribution is 2.36. The van der Waals surface area contributed by atoms with Gasteiger partial charge in [0.1, 0.15) is 54.0 Å². The van der Waals surface area contributed by atoms with Crippen LogP contribution in [0.15, 0.2) is 24.3 Å². The number of hydrogen-bond acceptors (Lipinski definition) is 14. The molecule has 0 saturated carbocycles. The first kappa shape index (κ1) is 25.7. The molecule has 0 aromatic heterocycles. The number of carbonyl (C=O) groups excluding carboxylic acids is 1. The second-order valence-electron chi connectivity index (χ2n) is 7.61. The topological polar surface area (TPSA) is 236 Å². The molecule has 2 heterocycles. The fourth-order valence-corrected chi connectivity index (χ4v) is 3.56. The summed E-state index contributed by atoms with van der Waals surface area (Å²) in [5.41, 5.74) is -0.361. The van der Waals surface area contributed by atoms with Gasteiger partial charge in [-0.15, -0.1) is 0 Å². The summed E-state index contributed by atoms with van der Waals surface area (Å²) < 4.78 is 20.3. The first-order valence-corrected chi connectivity index (χ1v) is 9.87. The highest BCUT2D eigenvalue weighted by molar-refractivity contribution is 5.92. The van der Waals surface area contributed by atoms with Crippen LogP contribution in [0.2, 0.25) is 0 Å². The number of aliphatic hydroxyl groups is 8. The third kappa shape index (κ3) is 4.82. The highest BCUT2D eigenvalue weighted by atomic mass is 16.8. The Morgan fingerprint density at radius 1 is 1.03 bits per heavy atom. The molecule has 0 spiro atoms. The van der Waals surface area contributed by atoms with E-state index in [1.165, 1.54) is 24.3 Å². The van der Waals surface area contributed by atoms with Gasteiger partial charge in [-0.1, -0.05) is 12.1 Å². The van der Waals surface area contributed by atoms with Crippen LogP contribution >= 0.6 is 0 Å². The van der Waals surface area contributed by atoms with Crippen LogP contribution in [-0.2, 0) is 18.9 Å². The normalized spacial score (nSPS) is 39.9. The third-order valence-electron chi connectivity index (χ3n) is 5.46. The van der Waals surface area contributed by atoms with Gasteiger partial charge >= 0.3 is 5.97 Å². The molecule has 33 heavy (non-hydrogen) atoms. The minimum absolute atomic E-state index is 0.361. The Bertz CT molecular complexity index is 819. The molecule has 2 aliphatic rings. The van der Waals surface area contributed by atoms with E-state index in [9.17, 15) is 50.8 Å². The zero-order valence-electron chi connectivity index (χ0n) is 17.0. The lowest BCUT2D eigenvalue weighted by Gasteiger charge is -2.41. The summed E-state index contributed by atoms with van der Waals surface area (Å²) in [6.07, 6.45) is -16.5. The lowest BCUT2D eigenvalue weighted by molar-refractivity contribution is -0.330. The fourth-order valence-electron chi connectivity index (χ4n) is 3.56. The molecule has 2 aliphatic heterocycles. The molecule has 2 fully saturated rings. The summed E-state index contributed by atoms with van der Waals surface area (Å²) >= 11 is 0. The molecular formula is C19H26O14. The summed E-state index contributed by atoms with van der Waals surface area (Å²) in [5, 5.41) is 89.9. The Morgan fingerprint density at radius 2 is 1.67 bits per heavy atom. The summed E-state index contributed by atoms with van der Waals surface area (Å²) in [6.45, 7) is -1.65. The maximum Gasteiger partial charge on any atom is 0.344 e. The predicted octanol–water partition coefficient (Wildman–Crippen LogP) is -4.51. The number of carbonyl (C=O) groups is 1. The lowest BCUT2D eigenvalue weighted by atomic mass is 9.99. The zero-order chi connectivity index (χ0) is 24.5. The molecule has 10 atom stereocenters. The number of benzene rings is 1.